The van der Waals surface area contributed by atoms with E-state index in [4.69, 9.17) is 10.5 Å². The van der Waals surface area contributed by atoms with Gasteiger partial charge in [-0.2, -0.15) is 0 Å². The molecule has 0 aliphatic carbocycles. The van der Waals surface area contributed by atoms with Crippen LogP contribution in [-0.2, 0) is 14.3 Å². The van der Waals surface area contributed by atoms with E-state index in [-0.39, 0.29) is 17.8 Å². The number of amides is 1. The van der Waals surface area contributed by atoms with Crippen molar-refractivity contribution < 1.29 is 14.3 Å². The fourth-order valence-electron chi connectivity index (χ4n) is 2.08. The zero-order chi connectivity index (χ0) is 11.6. The Bertz CT molecular complexity index is 280. The fraction of sp³-hybridized carbons (Fsp3) is 0.800. The second-order valence-electron chi connectivity index (χ2n) is 3.92. The normalized spacial score (nSPS) is 36.8. The first-order valence-corrected chi connectivity index (χ1v) is 5.24. The third-order valence-electron chi connectivity index (χ3n) is 2.83. The van der Waals surface area contributed by atoms with Crippen molar-refractivity contribution in [1.82, 2.24) is 5.32 Å². The molecule has 5 nitrogen and oxygen atoms in total. The quantitative estimate of drug-likeness (QED) is 0.592. The monoisotopic (exact) mass is 214 g/mol. The minimum atomic E-state index is -0.567. The standard InChI is InChI=1S/C8H11NO3.C2H7N/c1-3-4-6(10)9-5-7(11)12-8(4,5)2;1-2-3/h4-5H,3H2,1-2H3,(H,9,10);2-3H2,1H3/t4?,5?,8-;/m0./s1. The first kappa shape index (κ1) is 12.0. The Morgan fingerprint density at radius 1 is 1.47 bits per heavy atom. The van der Waals surface area contributed by atoms with E-state index < -0.39 is 11.6 Å². The van der Waals surface area contributed by atoms with E-state index in [2.05, 4.69) is 5.32 Å². The molecule has 0 radical (unpaired) electrons. The zero-order valence-corrected chi connectivity index (χ0v) is 9.37. The molecule has 2 saturated heterocycles. The van der Waals surface area contributed by atoms with Gasteiger partial charge in [-0.1, -0.05) is 13.8 Å². The van der Waals surface area contributed by atoms with Crippen LogP contribution in [0.1, 0.15) is 27.2 Å². The average Bonchev–Trinajstić information content (AvgIpc) is 2.35. The lowest BCUT2D eigenvalue weighted by Crippen LogP contribution is -2.62. The highest BCUT2D eigenvalue weighted by atomic mass is 16.6. The topological polar surface area (TPSA) is 81.4 Å². The van der Waals surface area contributed by atoms with Crippen LogP contribution < -0.4 is 11.1 Å². The summed E-state index contributed by atoms with van der Waals surface area (Å²) in [4.78, 5) is 22.2. The van der Waals surface area contributed by atoms with Crippen LogP contribution in [0.4, 0.5) is 0 Å². The van der Waals surface area contributed by atoms with Gasteiger partial charge in [-0.15, -0.1) is 0 Å². The van der Waals surface area contributed by atoms with E-state index >= 15 is 0 Å². The van der Waals surface area contributed by atoms with Gasteiger partial charge >= 0.3 is 5.97 Å². The molecule has 0 saturated carbocycles. The van der Waals surface area contributed by atoms with Gasteiger partial charge in [0.15, 0.2) is 11.6 Å². The Kier molecular flexibility index (Phi) is 3.34. The van der Waals surface area contributed by atoms with Crippen LogP contribution in [-0.4, -0.2) is 30.1 Å². The van der Waals surface area contributed by atoms with Crippen LogP contribution in [0.3, 0.4) is 0 Å². The molecule has 3 N–H and O–H groups in total. The molecule has 0 aromatic carbocycles. The molecular weight excluding hydrogens is 196 g/mol. The van der Waals surface area contributed by atoms with E-state index in [0.29, 0.717) is 6.42 Å². The van der Waals surface area contributed by atoms with Gasteiger partial charge in [0.2, 0.25) is 5.91 Å². The third kappa shape index (κ3) is 1.71. The Hall–Kier alpha value is -1.10. The first-order chi connectivity index (χ1) is 7.01. The Balaban J connectivity index is 0.000000337. The van der Waals surface area contributed by atoms with Crippen LogP contribution >= 0.6 is 0 Å². The van der Waals surface area contributed by atoms with E-state index in [1.54, 1.807) is 0 Å². The summed E-state index contributed by atoms with van der Waals surface area (Å²) < 4.78 is 5.00. The Morgan fingerprint density at radius 3 is 2.33 bits per heavy atom. The van der Waals surface area contributed by atoms with Crippen LogP contribution in [0.15, 0.2) is 0 Å². The molecule has 3 atom stereocenters. The van der Waals surface area contributed by atoms with Crippen molar-refractivity contribution in [2.45, 2.75) is 38.8 Å². The SMILES string of the molecule is CCC1C(=O)NC2C(=O)O[C@@]12C.CCN. The Morgan fingerprint density at radius 2 is 2.00 bits per heavy atom. The molecular formula is C10H18N2O3. The maximum Gasteiger partial charge on any atom is 0.333 e. The number of fused-ring (bicyclic) bond motifs is 1. The van der Waals surface area contributed by atoms with Gasteiger partial charge in [-0.05, 0) is 19.9 Å². The van der Waals surface area contributed by atoms with Crippen LogP contribution in [0.5, 0.6) is 0 Å². The van der Waals surface area contributed by atoms with E-state index in [0.717, 1.165) is 6.54 Å². The Labute approximate surface area is 89.3 Å². The summed E-state index contributed by atoms with van der Waals surface area (Å²) in [7, 11) is 0. The summed E-state index contributed by atoms with van der Waals surface area (Å²) in [6.07, 6.45) is 0.714. The largest absolute Gasteiger partial charge is 0.454 e. The van der Waals surface area contributed by atoms with Crippen LogP contribution in [0.25, 0.3) is 0 Å². The molecule has 2 unspecified atom stereocenters. The summed E-state index contributed by atoms with van der Waals surface area (Å²) >= 11 is 0. The van der Waals surface area contributed by atoms with Crippen molar-refractivity contribution in [1.29, 1.82) is 0 Å². The highest BCUT2D eigenvalue weighted by Crippen LogP contribution is 2.41. The van der Waals surface area contributed by atoms with Gasteiger partial charge < -0.3 is 15.8 Å². The zero-order valence-electron chi connectivity index (χ0n) is 9.37. The first-order valence-electron chi connectivity index (χ1n) is 5.24. The maximum atomic E-state index is 11.3. The highest BCUT2D eigenvalue weighted by Gasteiger charge is 2.64. The van der Waals surface area contributed by atoms with E-state index in [1.165, 1.54) is 0 Å². The summed E-state index contributed by atoms with van der Waals surface area (Å²) in [5.41, 5.74) is 4.28. The number of carbonyl (C=O) groups is 2. The lowest BCUT2D eigenvalue weighted by atomic mass is 9.81. The van der Waals surface area contributed by atoms with Gasteiger partial charge in [-0.25, -0.2) is 4.79 Å². The average molecular weight is 214 g/mol. The molecule has 5 heteroatoms. The van der Waals surface area contributed by atoms with Crippen molar-refractivity contribution >= 4 is 11.9 Å². The molecule has 1 amide bonds. The number of hydrogen-bond acceptors (Lipinski definition) is 4. The number of nitrogens with two attached hydrogens (primary N) is 1. The number of carbonyl (C=O) groups excluding carboxylic acids is 2. The van der Waals surface area contributed by atoms with Gasteiger partial charge in [0, 0.05) is 0 Å². The molecule has 0 bridgehead atoms. The molecule has 2 aliphatic rings. The van der Waals surface area contributed by atoms with Crippen molar-refractivity contribution in [2.75, 3.05) is 6.54 Å². The summed E-state index contributed by atoms with van der Waals surface area (Å²) in [6.45, 7) is 6.38. The van der Waals surface area contributed by atoms with Crippen LogP contribution in [0.2, 0.25) is 0 Å². The van der Waals surface area contributed by atoms with E-state index in [9.17, 15) is 9.59 Å². The van der Waals surface area contributed by atoms with Gasteiger partial charge in [0.1, 0.15) is 0 Å². The molecule has 2 aliphatic heterocycles. The second-order valence-corrected chi connectivity index (χ2v) is 3.92. The molecule has 2 fully saturated rings. The predicted molar refractivity (Wildman–Crippen MR) is 54.9 cm³/mol. The molecule has 0 aromatic rings. The van der Waals surface area contributed by atoms with Gasteiger partial charge in [0.05, 0.1) is 5.92 Å². The number of rotatable bonds is 1. The highest BCUT2D eigenvalue weighted by molar-refractivity contribution is 5.97. The molecule has 86 valence electrons. The molecule has 0 spiro atoms. The molecule has 15 heavy (non-hydrogen) atoms. The number of nitrogens with one attached hydrogen (secondary N) is 1. The summed E-state index contributed by atoms with van der Waals surface area (Å²) in [6, 6.07) is -0.394. The van der Waals surface area contributed by atoms with Gasteiger partial charge in [-0.3, -0.25) is 4.79 Å². The lowest BCUT2D eigenvalue weighted by Gasteiger charge is -2.41. The minimum Gasteiger partial charge on any atom is -0.454 e. The van der Waals surface area contributed by atoms with Crippen molar-refractivity contribution in [3.63, 3.8) is 0 Å². The molecule has 2 rings (SSSR count). The summed E-state index contributed by atoms with van der Waals surface area (Å²) in [5.74, 6) is -0.530. The molecule has 0 aromatic heterocycles. The lowest BCUT2D eigenvalue weighted by molar-refractivity contribution is -0.198. The van der Waals surface area contributed by atoms with Crippen molar-refractivity contribution in [3.05, 3.63) is 0 Å². The van der Waals surface area contributed by atoms with Crippen molar-refractivity contribution in [2.24, 2.45) is 11.7 Å². The second kappa shape index (κ2) is 4.18. The number of ether oxygens (including phenoxy) is 1. The number of hydrogen-bond donors (Lipinski definition) is 2. The minimum absolute atomic E-state index is 0.0594. The predicted octanol–water partition coefficient (Wildman–Crippen LogP) is -0.208. The maximum absolute atomic E-state index is 11.3. The van der Waals surface area contributed by atoms with Crippen LogP contribution in [0, 0.1) is 5.92 Å². The molecule has 2 heterocycles. The number of esters is 1. The summed E-state index contributed by atoms with van der Waals surface area (Å²) in [5, 5.41) is 2.63. The smallest absolute Gasteiger partial charge is 0.333 e. The third-order valence-corrected chi connectivity index (χ3v) is 2.83. The van der Waals surface area contributed by atoms with E-state index in [1.807, 2.05) is 20.8 Å². The fourth-order valence-corrected chi connectivity index (χ4v) is 2.08. The van der Waals surface area contributed by atoms with Crippen molar-refractivity contribution in [3.8, 4) is 0 Å². The van der Waals surface area contributed by atoms with Gasteiger partial charge in [0.25, 0.3) is 0 Å².